The number of hydrogen-bond donors (Lipinski definition) is 0. The van der Waals surface area contributed by atoms with Crippen LogP contribution >= 0.6 is 0 Å². The van der Waals surface area contributed by atoms with E-state index in [4.69, 9.17) is 9.15 Å². The first kappa shape index (κ1) is 16.6. The van der Waals surface area contributed by atoms with E-state index in [1.807, 2.05) is 30.3 Å². The normalized spacial score (nSPS) is 10.7. The molecule has 0 aliphatic carbocycles. The molecule has 0 unspecified atom stereocenters. The Morgan fingerprint density at radius 1 is 1.08 bits per heavy atom. The van der Waals surface area contributed by atoms with Crippen molar-refractivity contribution in [1.82, 2.24) is 4.98 Å². The van der Waals surface area contributed by atoms with Gasteiger partial charge in [0.05, 0.1) is 6.20 Å². The van der Waals surface area contributed by atoms with Crippen LogP contribution in [0.4, 0.5) is 8.78 Å². The molecule has 0 amide bonds. The SMILES string of the molecule is O=C(OCc1ncc(-c2ccccc2)o1)c1ccccc1OC(F)F. The van der Waals surface area contributed by atoms with Crippen LogP contribution in [0.25, 0.3) is 11.3 Å². The number of alkyl halides is 2. The third-order valence-electron chi connectivity index (χ3n) is 3.26. The molecule has 25 heavy (non-hydrogen) atoms. The molecule has 2 aromatic carbocycles. The summed E-state index contributed by atoms with van der Waals surface area (Å²) < 4.78 is 39.6. The molecule has 0 aliphatic rings. The third-order valence-corrected chi connectivity index (χ3v) is 3.26. The lowest BCUT2D eigenvalue weighted by molar-refractivity contribution is -0.0505. The maximum absolute atomic E-state index is 12.4. The largest absolute Gasteiger partial charge is 0.452 e. The van der Waals surface area contributed by atoms with Crippen molar-refractivity contribution in [1.29, 1.82) is 0 Å². The average Bonchev–Trinajstić information content (AvgIpc) is 3.09. The van der Waals surface area contributed by atoms with Gasteiger partial charge in [-0.1, -0.05) is 42.5 Å². The number of halogens is 2. The maximum Gasteiger partial charge on any atom is 0.387 e. The van der Waals surface area contributed by atoms with E-state index in [1.165, 1.54) is 30.5 Å². The summed E-state index contributed by atoms with van der Waals surface area (Å²) >= 11 is 0. The van der Waals surface area contributed by atoms with Gasteiger partial charge < -0.3 is 13.9 Å². The number of esters is 1. The van der Waals surface area contributed by atoms with Gasteiger partial charge in [-0.2, -0.15) is 8.78 Å². The van der Waals surface area contributed by atoms with E-state index < -0.39 is 12.6 Å². The molecular formula is C18H13F2NO4. The average molecular weight is 345 g/mol. The fourth-order valence-corrected chi connectivity index (χ4v) is 2.15. The van der Waals surface area contributed by atoms with Crippen LogP contribution in [-0.4, -0.2) is 17.6 Å². The monoisotopic (exact) mass is 345 g/mol. The first-order valence-electron chi connectivity index (χ1n) is 7.34. The quantitative estimate of drug-likeness (QED) is 0.623. The lowest BCUT2D eigenvalue weighted by Crippen LogP contribution is -2.10. The van der Waals surface area contributed by atoms with E-state index in [2.05, 4.69) is 9.72 Å². The number of hydrogen-bond acceptors (Lipinski definition) is 5. The van der Waals surface area contributed by atoms with E-state index in [9.17, 15) is 13.6 Å². The van der Waals surface area contributed by atoms with Gasteiger partial charge in [-0.15, -0.1) is 0 Å². The van der Waals surface area contributed by atoms with Crippen LogP contribution in [0.15, 0.2) is 65.2 Å². The molecule has 0 bridgehead atoms. The topological polar surface area (TPSA) is 61.6 Å². The zero-order valence-electron chi connectivity index (χ0n) is 12.9. The summed E-state index contributed by atoms with van der Waals surface area (Å²) in [4.78, 5) is 16.1. The molecule has 0 radical (unpaired) electrons. The molecule has 0 aliphatic heterocycles. The summed E-state index contributed by atoms with van der Waals surface area (Å²) in [6, 6.07) is 14.9. The molecular weight excluding hydrogens is 332 g/mol. The van der Waals surface area contributed by atoms with Crippen molar-refractivity contribution in [2.24, 2.45) is 0 Å². The Kier molecular flexibility index (Phi) is 5.03. The Balaban J connectivity index is 1.66. The predicted octanol–water partition coefficient (Wildman–Crippen LogP) is 4.30. The second kappa shape index (κ2) is 7.57. The highest BCUT2D eigenvalue weighted by Gasteiger charge is 2.17. The Bertz CT molecular complexity index is 849. The minimum Gasteiger partial charge on any atom is -0.452 e. The number of carbonyl (C=O) groups is 1. The molecule has 3 aromatic rings. The molecule has 1 heterocycles. The number of para-hydroxylation sites is 1. The van der Waals surface area contributed by atoms with Crippen LogP contribution in [0, 0.1) is 0 Å². The molecule has 0 saturated heterocycles. The van der Waals surface area contributed by atoms with Crippen molar-refractivity contribution < 1.29 is 27.5 Å². The number of oxazole rings is 1. The molecule has 1 aromatic heterocycles. The maximum atomic E-state index is 12.4. The standard InChI is InChI=1S/C18H13F2NO4/c19-18(20)25-14-9-5-4-8-13(14)17(22)23-11-16-21-10-15(24-16)12-6-2-1-3-7-12/h1-10,18H,11H2. The lowest BCUT2D eigenvalue weighted by atomic mass is 10.2. The summed E-state index contributed by atoms with van der Waals surface area (Å²) in [6.45, 7) is -3.26. The highest BCUT2D eigenvalue weighted by Crippen LogP contribution is 2.23. The molecule has 0 fully saturated rings. The fourth-order valence-electron chi connectivity index (χ4n) is 2.15. The Morgan fingerprint density at radius 2 is 1.80 bits per heavy atom. The van der Waals surface area contributed by atoms with Crippen LogP contribution in [0.5, 0.6) is 5.75 Å². The predicted molar refractivity (Wildman–Crippen MR) is 84.1 cm³/mol. The molecule has 0 spiro atoms. The van der Waals surface area contributed by atoms with Crippen LogP contribution < -0.4 is 4.74 Å². The lowest BCUT2D eigenvalue weighted by Gasteiger charge is -2.09. The number of benzene rings is 2. The third kappa shape index (κ3) is 4.20. The van der Waals surface area contributed by atoms with E-state index in [-0.39, 0.29) is 23.8 Å². The van der Waals surface area contributed by atoms with Gasteiger partial charge in [0.15, 0.2) is 12.4 Å². The number of nitrogens with zero attached hydrogens (tertiary/aromatic N) is 1. The first-order chi connectivity index (χ1) is 12.1. The number of rotatable bonds is 6. The summed E-state index contributed by atoms with van der Waals surface area (Å²) in [7, 11) is 0. The number of aromatic nitrogens is 1. The number of ether oxygens (including phenoxy) is 2. The van der Waals surface area contributed by atoms with Gasteiger partial charge in [-0.25, -0.2) is 9.78 Å². The van der Waals surface area contributed by atoms with E-state index >= 15 is 0 Å². The molecule has 3 rings (SSSR count). The minimum absolute atomic E-state index is 0.0994. The van der Waals surface area contributed by atoms with Crippen molar-refractivity contribution in [3.8, 4) is 17.1 Å². The molecule has 7 heteroatoms. The van der Waals surface area contributed by atoms with Gasteiger partial charge in [-0.05, 0) is 12.1 Å². The minimum atomic E-state index is -3.03. The molecule has 0 N–H and O–H groups in total. The van der Waals surface area contributed by atoms with Crippen molar-refractivity contribution in [3.63, 3.8) is 0 Å². The second-order valence-electron chi connectivity index (χ2n) is 4.94. The first-order valence-corrected chi connectivity index (χ1v) is 7.34. The summed E-state index contributed by atoms with van der Waals surface area (Å²) in [6.07, 6.45) is 1.52. The molecule has 5 nitrogen and oxygen atoms in total. The Labute approximate surface area is 141 Å². The van der Waals surface area contributed by atoms with Gasteiger partial charge in [0.25, 0.3) is 0 Å². The fraction of sp³-hybridized carbons (Fsp3) is 0.111. The van der Waals surface area contributed by atoms with Gasteiger partial charge >= 0.3 is 12.6 Å². The van der Waals surface area contributed by atoms with E-state index in [0.29, 0.717) is 5.76 Å². The Morgan fingerprint density at radius 3 is 2.56 bits per heavy atom. The zero-order valence-corrected chi connectivity index (χ0v) is 12.9. The molecule has 0 saturated carbocycles. The second-order valence-corrected chi connectivity index (χ2v) is 4.94. The highest BCUT2D eigenvalue weighted by molar-refractivity contribution is 5.92. The van der Waals surface area contributed by atoms with Crippen LogP contribution in [-0.2, 0) is 11.3 Å². The summed E-state index contributed by atoms with van der Waals surface area (Å²) in [5.41, 5.74) is 0.737. The van der Waals surface area contributed by atoms with Crippen molar-refractivity contribution in [2.45, 2.75) is 13.2 Å². The van der Waals surface area contributed by atoms with Crippen molar-refractivity contribution in [2.75, 3.05) is 0 Å². The Hall–Kier alpha value is -3.22. The van der Waals surface area contributed by atoms with Gasteiger partial charge in [0.2, 0.25) is 5.89 Å². The molecule has 0 atom stereocenters. The summed E-state index contributed by atoms with van der Waals surface area (Å²) in [5, 5.41) is 0. The van der Waals surface area contributed by atoms with Crippen molar-refractivity contribution in [3.05, 3.63) is 72.2 Å². The van der Waals surface area contributed by atoms with Crippen LogP contribution in [0.2, 0.25) is 0 Å². The zero-order chi connectivity index (χ0) is 17.6. The number of carbonyl (C=O) groups excluding carboxylic acids is 1. The smallest absolute Gasteiger partial charge is 0.387 e. The van der Waals surface area contributed by atoms with Gasteiger partial charge in [0, 0.05) is 5.56 Å². The molecule has 128 valence electrons. The van der Waals surface area contributed by atoms with Gasteiger partial charge in [-0.3, -0.25) is 0 Å². The van der Waals surface area contributed by atoms with E-state index in [1.54, 1.807) is 0 Å². The van der Waals surface area contributed by atoms with Crippen LogP contribution in [0.1, 0.15) is 16.2 Å². The van der Waals surface area contributed by atoms with E-state index in [0.717, 1.165) is 5.56 Å². The van der Waals surface area contributed by atoms with Crippen LogP contribution in [0.3, 0.4) is 0 Å². The van der Waals surface area contributed by atoms with Crippen molar-refractivity contribution >= 4 is 5.97 Å². The summed E-state index contributed by atoms with van der Waals surface area (Å²) in [5.74, 6) is -0.330. The highest BCUT2D eigenvalue weighted by atomic mass is 19.3. The van der Waals surface area contributed by atoms with Gasteiger partial charge in [0.1, 0.15) is 11.3 Å².